The molecule has 198 valence electrons. The number of anilines is 1. The van der Waals surface area contributed by atoms with Gasteiger partial charge in [-0.3, -0.25) is 4.90 Å². The number of aryl methyl sites for hydroxylation is 2. The standard InChI is InChI=1S/C29H31ClN4O4/c1-21-17-22(2)27(30)25(18-21)28-33-26(19-31)29(38-28)32-9-3-4-13-36-20-23-5-7-24(8-6-23)37-16-12-34-10-14-35-15-11-34/h5-8,17-18,32H,9-16,20H2,1-2H3. The van der Waals surface area contributed by atoms with E-state index in [2.05, 4.69) is 27.0 Å². The number of nitrogens with zero attached hydrogens (tertiary/aromatic N) is 3. The number of aromatic nitrogens is 1. The van der Waals surface area contributed by atoms with Crippen molar-refractivity contribution >= 4 is 17.5 Å². The van der Waals surface area contributed by atoms with Crippen molar-refractivity contribution in [1.29, 1.82) is 5.26 Å². The van der Waals surface area contributed by atoms with Crippen LogP contribution >= 0.6 is 11.6 Å². The Hall–Kier alpha value is -3.53. The maximum absolute atomic E-state index is 9.44. The number of rotatable bonds is 10. The summed E-state index contributed by atoms with van der Waals surface area (Å²) in [5.74, 6) is 7.33. The Morgan fingerprint density at radius 3 is 2.68 bits per heavy atom. The molecule has 1 fully saturated rings. The maximum atomic E-state index is 9.44. The van der Waals surface area contributed by atoms with Gasteiger partial charge in [-0.15, -0.1) is 0 Å². The zero-order valence-electron chi connectivity index (χ0n) is 21.7. The van der Waals surface area contributed by atoms with Gasteiger partial charge in [-0.2, -0.15) is 10.2 Å². The Labute approximate surface area is 228 Å². The second-order valence-corrected chi connectivity index (χ2v) is 9.28. The summed E-state index contributed by atoms with van der Waals surface area (Å²) < 4.78 is 22.6. The van der Waals surface area contributed by atoms with Crippen LogP contribution in [0.5, 0.6) is 5.75 Å². The highest BCUT2D eigenvalue weighted by Crippen LogP contribution is 2.33. The van der Waals surface area contributed by atoms with Crippen molar-refractivity contribution in [3.05, 3.63) is 63.8 Å². The second kappa shape index (κ2) is 13.9. The number of nitriles is 1. The van der Waals surface area contributed by atoms with E-state index in [1.54, 1.807) is 0 Å². The predicted octanol–water partition coefficient (Wildman–Crippen LogP) is 4.83. The molecule has 4 rings (SSSR count). The van der Waals surface area contributed by atoms with E-state index < -0.39 is 0 Å². The van der Waals surface area contributed by atoms with E-state index in [-0.39, 0.29) is 24.7 Å². The fourth-order valence-corrected chi connectivity index (χ4v) is 4.18. The normalized spacial score (nSPS) is 13.4. The minimum atomic E-state index is 0.154. The summed E-state index contributed by atoms with van der Waals surface area (Å²) >= 11 is 6.43. The molecule has 1 aromatic heterocycles. The van der Waals surface area contributed by atoms with Crippen LogP contribution in [0.1, 0.15) is 22.4 Å². The van der Waals surface area contributed by atoms with E-state index in [1.807, 2.05) is 56.3 Å². The molecular formula is C29H31ClN4O4. The molecule has 0 unspecified atom stereocenters. The van der Waals surface area contributed by atoms with Gasteiger partial charge in [0.15, 0.2) is 0 Å². The van der Waals surface area contributed by atoms with Crippen molar-refractivity contribution in [2.75, 3.05) is 57.9 Å². The lowest BCUT2D eigenvalue weighted by Gasteiger charge is -2.26. The molecule has 2 aromatic carbocycles. The van der Waals surface area contributed by atoms with Gasteiger partial charge in [0.05, 0.1) is 37.0 Å². The largest absolute Gasteiger partial charge is 0.492 e. The molecular weight excluding hydrogens is 504 g/mol. The summed E-state index contributed by atoms with van der Waals surface area (Å²) in [4.78, 5) is 6.63. The Morgan fingerprint density at radius 2 is 1.92 bits per heavy atom. The first-order chi connectivity index (χ1) is 18.5. The smallest absolute Gasteiger partial charge is 0.233 e. The molecule has 0 bridgehead atoms. The molecule has 0 amide bonds. The summed E-state index contributed by atoms with van der Waals surface area (Å²) in [6.07, 6.45) is 0. The summed E-state index contributed by atoms with van der Waals surface area (Å²) in [6, 6.07) is 13.8. The van der Waals surface area contributed by atoms with Gasteiger partial charge in [0, 0.05) is 19.6 Å². The maximum Gasteiger partial charge on any atom is 0.233 e. The van der Waals surface area contributed by atoms with Crippen LogP contribution in [-0.4, -0.2) is 62.5 Å². The van der Waals surface area contributed by atoms with Gasteiger partial charge >= 0.3 is 0 Å². The molecule has 8 nitrogen and oxygen atoms in total. The predicted molar refractivity (Wildman–Crippen MR) is 146 cm³/mol. The third-order valence-corrected chi connectivity index (χ3v) is 6.47. The van der Waals surface area contributed by atoms with Crippen molar-refractivity contribution in [3.63, 3.8) is 0 Å². The summed E-state index contributed by atoms with van der Waals surface area (Å²) in [5.41, 5.74) is 3.80. The van der Waals surface area contributed by atoms with E-state index in [1.165, 1.54) is 0 Å². The molecule has 1 N–H and O–H groups in total. The van der Waals surface area contributed by atoms with Crippen LogP contribution in [0.3, 0.4) is 0 Å². The molecule has 9 heteroatoms. The van der Waals surface area contributed by atoms with Gasteiger partial charge in [0.1, 0.15) is 25.0 Å². The van der Waals surface area contributed by atoms with Gasteiger partial charge < -0.3 is 23.9 Å². The van der Waals surface area contributed by atoms with Crippen LogP contribution in [0.2, 0.25) is 5.02 Å². The van der Waals surface area contributed by atoms with E-state index in [4.69, 9.17) is 30.2 Å². The first kappa shape index (κ1) is 27.5. The second-order valence-electron chi connectivity index (χ2n) is 8.90. The van der Waals surface area contributed by atoms with Crippen LogP contribution in [0.25, 0.3) is 11.5 Å². The van der Waals surface area contributed by atoms with Crippen LogP contribution in [0.4, 0.5) is 5.88 Å². The fourth-order valence-electron chi connectivity index (χ4n) is 3.99. The van der Waals surface area contributed by atoms with Gasteiger partial charge in [-0.25, -0.2) is 0 Å². The third kappa shape index (κ3) is 7.74. The first-order valence-electron chi connectivity index (χ1n) is 12.5. The van der Waals surface area contributed by atoms with Crippen molar-refractivity contribution in [3.8, 4) is 35.1 Å². The number of benzene rings is 2. The Morgan fingerprint density at radius 1 is 1.13 bits per heavy atom. The average molecular weight is 535 g/mol. The number of morpholine rings is 1. The van der Waals surface area contributed by atoms with Crippen molar-refractivity contribution in [2.24, 2.45) is 0 Å². The molecule has 1 aliphatic rings. The average Bonchev–Trinajstić information content (AvgIpc) is 3.34. The van der Waals surface area contributed by atoms with E-state index >= 15 is 0 Å². The molecule has 0 spiro atoms. The summed E-state index contributed by atoms with van der Waals surface area (Å²) in [5, 5.41) is 13.0. The Balaban J connectivity index is 1.18. The zero-order valence-corrected chi connectivity index (χ0v) is 22.4. The molecule has 3 aromatic rings. The molecule has 0 aliphatic carbocycles. The molecule has 0 radical (unpaired) electrons. The lowest BCUT2D eigenvalue weighted by molar-refractivity contribution is 0.0322. The van der Waals surface area contributed by atoms with Crippen LogP contribution < -0.4 is 10.1 Å². The van der Waals surface area contributed by atoms with Crippen LogP contribution in [0.15, 0.2) is 40.8 Å². The number of hydrogen-bond donors (Lipinski definition) is 1. The number of hydrogen-bond acceptors (Lipinski definition) is 8. The number of nitrogens with one attached hydrogen (secondary N) is 1. The molecule has 38 heavy (non-hydrogen) atoms. The molecule has 0 atom stereocenters. The number of halogens is 1. The van der Waals surface area contributed by atoms with E-state index in [0.717, 1.165) is 55.3 Å². The van der Waals surface area contributed by atoms with E-state index in [0.29, 0.717) is 29.7 Å². The highest BCUT2D eigenvalue weighted by atomic mass is 35.5. The van der Waals surface area contributed by atoms with Gasteiger partial charge in [0.2, 0.25) is 17.5 Å². The SMILES string of the molecule is Cc1cc(C)c(Cl)c(-c2nc(C#N)c(NCC#CCOCc3ccc(OCCN4CCOCC4)cc3)o2)c1. The quantitative estimate of drug-likeness (QED) is 0.292. The van der Waals surface area contributed by atoms with Gasteiger partial charge in [-0.05, 0) is 48.7 Å². The Kier molecular flexibility index (Phi) is 10.0. The van der Waals surface area contributed by atoms with E-state index in [9.17, 15) is 5.26 Å². The highest BCUT2D eigenvalue weighted by molar-refractivity contribution is 6.34. The minimum absolute atomic E-state index is 0.154. The fraction of sp³-hybridized carbons (Fsp3) is 0.379. The lowest BCUT2D eigenvalue weighted by atomic mass is 10.1. The third-order valence-electron chi connectivity index (χ3n) is 5.97. The monoisotopic (exact) mass is 534 g/mol. The molecule has 1 saturated heterocycles. The molecule has 1 aliphatic heterocycles. The highest BCUT2D eigenvalue weighted by Gasteiger charge is 2.17. The minimum Gasteiger partial charge on any atom is -0.492 e. The van der Waals surface area contributed by atoms with Crippen molar-refractivity contribution in [2.45, 2.75) is 20.5 Å². The first-order valence-corrected chi connectivity index (χ1v) is 12.9. The van der Waals surface area contributed by atoms with Gasteiger partial charge in [-0.1, -0.05) is 41.6 Å². The lowest BCUT2D eigenvalue weighted by Crippen LogP contribution is -2.38. The summed E-state index contributed by atoms with van der Waals surface area (Å²) in [7, 11) is 0. The number of ether oxygens (including phenoxy) is 3. The van der Waals surface area contributed by atoms with Crippen LogP contribution in [0, 0.1) is 37.0 Å². The molecule has 2 heterocycles. The Bertz CT molecular complexity index is 1320. The zero-order chi connectivity index (χ0) is 26.7. The van der Waals surface area contributed by atoms with Crippen molar-refractivity contribution in [1.82, 2.24) is 9.88 Å². The van der Waals surface area contributed by atoms with Crippen molar-refractivity contribution < 1.29 is 18.6 Å². The number of oxazole rings is 1. The van der Waals surface area contributed by atoms with Crippen LogP contribution in [-0.2, 0) is 16.1 Å². The van der Waals surface area contributed by atoms with Gasteiger partial charge in [0.25, 0.3) is 0 Å². The molecule has 0 saturated carbocycles. The summed E-state index contributed by atoms with van der Waals surface area (Å²) in [6.45, 7) is 9.98. The topological polar surface area (TPSA) is 92.8 Å².